The highest BCUT2D eigenvalue weighted by molar-refractivity contribution is 7.80. The maximum atomic E-state index is 7.00. The predicted octanol–water partition coefficient (Wildman–Crippen LogP) is -0.171. The molecule has 0 aliphatic rings. The zero-order chi connectivity index (χ0) is 5.58. The summed E-state index contributed by atoms with van der Waals surface area (Å²) in [6, 6.07) is 0. The Kier molecular flexibility index (Phi) is 14.3. The van der Waals surface area contributed by atoms with Crippen molar-refractivity contribution in [2.75, 3.05) is 7.11 Å². The number of hydrogen-bond donors (Lipinski definition) is 3. The first kappa shape index (κ1) is 9.55. The highest BCUT2D eigenvalue weighted by Gasteiger charge is 1.68. The third-order valence-electron chi connectivity index (χ3n) is 0. The van der Waals surface area contributed by atoms with Crippen LogP contribution in [0, 0.1) is 0 Å². The van der Waals surface area contributed by atoms with Gasteiger partial charge in [-0.15, -0.1) is 0 Å². The van der Waals surface area contributed by atoms with E-state index in [4.69, 9.17) is 10.8 Å². The highest BCUT2D eigenvalue weighted by Crippen LogP contribution is 1.72. The van der Waals surface area contributed by atoms with Crippen molar-refractivity contribution in [3.05, 3.63) is 0 Å². The number of aliphatic hydroxyl groups is 1. The Morgan fingerprint density at radius 2 is 1.67 bits per heavy atom. The van der Waals surface area contributed by atoms with Gasteiger partial charge in [0, 0.05) is 12.5 Å². The molecule has 0 rings (SSSR count). The van der Waals surface area contributed by atoms with E-state index in [1.165, 1.54) is 0 Å². The lowest BCUT2D eigenvalue weighted by Crippen LogP contribution is -2.03. The second-order valence-corrected chi connectivity index (χ2v) is 1.56. The minimum Gasteiger partial charge on any atom is -0.400 e. The minimum absolute atomic E-state index is 0.0278. The van der Waals surface area contributed by atoms with Crippen LogP contribution >= 0.6 is 12.6 Å². The summed E-state index contributed by atoms with van der Waals surface area (Å²) in [6.07, 6.45) is 0. The molecule has 0 radical (unpaired) electrons. The van der Waals surface area contributed by atoms with Crippen LogP contribution in [0.15, 0.2) is 0 Å². The normalized spacial score (nSPS) is 11.5. The van der Waals surface area contributed by atoms with Crippen LogP contribution in [0.1, 0.15) is 6.92 Å². The number of thiol groups is 1. The van der Waals surface area contributed by atoms with Crippen LogP contribution in [0.3, 0.4) is 0 Å². The van der Waals surface area contributed by atoms with Gasteiger partial charge in [-0.3, -0.25) is 0 Å². The molecule has 1 atom stereocenters. The molecule has 0 spiro atoms. The molecule has 1 unspecified atom stereocenters. The molecular formula is C3H11NOS. The fourth-order valence-corrected chi connectivity index (χ4v) is 0. The summed E-state index contributed by atoms with van der Waals surface area (Å²) >= 11 is 3.74. The topological polar surface area (TPSA) is 46.2 Å². The first-order chi connectivity index (χ1) is 2.73. The van der Waals surface area contributed by atoms with Gasteiger partial charge in [0.2, 0.25) is 0 Å². The van der Waals surface area contributed by atoms with E-state index in [2.05, 4.69) is 12.6 Å². The minimum atomic E-state index is 0.0278. The maximum Gasteiger partial charge on any atom is 0.0448 e. The van der Waals surface area contributed by atoms with Gasteiger partial charge in [-0.2, -0.15) is 12.6 Å². The van der Waals surface area contributed by atoms with Gasteiger partial charge in [-0.1, -0.05) is 0 Å². The summed E-state index contributed by atoms with van der Waals surface area (Å²) in [5.41, 5.74) is 4.98. The third-order valence-corrected chi connectivity index (χ3v) is 0. The number of rotatable bonds is 0. The fourth-order valence-electron chi connectivity index (χ4n) is 0. The zero-order valence-corrected chi connectivity index (χ0v) is 4.94. The Morgan fingerprint density at radius 3 is 1.67 bits per heavy atom. The van der Waals surface area contributed by atoms with E-state index < -0.39 is 0 Å². The molecule has 6 heavy (non-hydrogen) atoms. The molecule has 0 aliphatic heterocycles. The predicted molar refractivity (Wildman–Crippen MR) is 30.8 cm³/mol. The van der Waals surface area contributed by atoms with Crippen LogP contribution in [0.4, 0.5) is 0 Å². The Labute approximate surface area is 43.8 Å². The van der Waals surface area contributed by atoms with E-state index in [1.54, 1.807) is 0 Å². The van der Waals surface area contributed by atoms with Crippen molar-refractivity contribution in [2.45, 2.75) is 12.3 Å². The summed E-state index contributed by atoms with van der Waals surface area (Å²) < 4.78 is 0. The standard InChI is InChI=1S/C2H7NS.CH4O/c1-2(3)4;1-2/h2,4H,3H2,1H3;2H,1H3. The van der Waals surface area contributed by atoms with Gasteiger partial charge >= 0.3 is 0 Å². The molecule has 0 aromatic heterocycles. The zero-order valence-electron chi connectivity index (χ0n) is 4.05. The molecule has 3 heteroatoms. The second-order valence-electron chi connectivity index (χ2n) is 0.741. The van der Waals surface area contributed by atoms with Crippen molar-refractivity contribution < 1.29 is 5.11 Å². The van der Waals surface area contributed by atoms with Gasteiger partial charge in [-0.05, 0) is 6.92 Å². The second kappa shape index (κ2) is 8.99. The smallest absolute Gasteiger partial charge is 0.0448 e. The first-order valence-electron chi connectivity index (χ1n) is 1.62. The molecule has 0 bridgehead atoms. The van der Waals surface area contributed by atoms with Crippen molar-refractivity contribution in [3.8, 4) is 0 Å². The van der Waals surface area contributed by atoms with Gasteiger partial charge in [0.1, 0.15) is 0 Å². The van der Waals surface area contributed by atoms with Gasteiger partial charge in [0.25, 0.3) is 0 Å². The van der Waals surface area contributed by atoms with Gasteiger partial charge in [0.05, 0.1) is 0 Å². The van der Waals surface area contributed by atoms with Crippen LogP contribution in [0.5, 0.6) is 0 Å². The number of hydrogen-bond acceptors (Lipinski definition) is 3. The van der Waals surface area contributed by atoms with Crippen molar-refractivity contribution in [1.29, 1.82) is 0 Å². The molecule has 0 heterocycles. The molecule has 0 aromatic carbocycles. The van der Waals surface area contributed by atoms with Crippen molar-refractivity contribution in [2.24, 2.45) is 5.73 Å². The van der Waals surface area contributed by atoms with Crippen LogP contribution < -0.4 is 5.73 Å². The van der Waals surface area contributed by atoms with Crippen molar-refractivity contribution in [1.82, 2.24) is 0 Å². The molecule has 3 N–H and O–H groups in total. The van der Waals surface area contributed by atoms with Crippen molar-refractivity contribution >= 4 is 12.6 Å². The Balaban J connectivity index is 0. The van der Waals surface area contributed by atoms with Gasteiger partial charge in [0.15, 0.2) is 0 Å². The number of aliphatic hydroxyl groups excluding tert-OH is 1. The van der Waals surface area contributed by atoms with E-state index in [1.807, 2.05) is 6.92 Å². The molecule has 0 amide bonds. The van der Waals surface area contributed by atoms with Crippen LogP contribution in [-0.4, -0.2) is 17.6 Å². The van der Waals surface area contributed by atoms with E-state index in [0.717, 1.165) is 7.11 Å². The van der Waals surface area contributed by atoms with E-state index in [9.17, 15) is 0 Å². The fraction of sp³-hybridized carbons (Fsp3) is 1.00. The summed E-state index contributed by atoms with van der Waals surface area (Å²) in [4.78, 5) is 0. The van der Waals surface area contributed by atoms with E-state index in [-0.39, 0.29) is 5.37 Å². The monoisotopic (exact) mass is 109 g/mol. The molecule has 0 fully saturated rings. The SMILES string of the molecule is CC(N)S.CO. The first-order valence-corrected chi connectivity index (χ1v) is 2.13. The Morgan fingerprint density at radius 1 is 1.67 bits per heavy atom. The summed E-state index contributed by atoms with van der Waals surface area (Å²) in [5.74, 6) is 0. The lowest BCUT2D eigenvalue weighted by Gasteiger charge is -1.80. The Hall–Kier alpha value is 0.270. The van der Waals surface area contributed by atoms with Gasteiger partial charge in [-0.25, -0.2) is 0 Å². The van der Waals surface area contributed by atoms with E-state index >= 15 is 0 Å². The van der Waals surface area contributed by atoms with E-state index in [0.29, 0.717) is 0 Å². The lowest BCUT2D eigenvalue weighted by atomic mass is 10.8. The lowest BCUT2D eigenvalue weighted by molar-refractivity contribution is 0.399. The van der Waals surface area contributed by atoms with Crippen LogP contribution in [0.2, 0.25) is 0 Å². The molecule has 40 valence electrons. The number of nitrogens with two attached hydrogens (primary N) is 1. The summed E-state index contributed by atoms with van der Waals surface area (Å²) in [6.45, 7) is 1.81. The third kappa shape index (κ3) is 626. The Bertz CT molecular complexity index is 15.5. The summed E-state index contributed by atoms with van der Waals surface area (Å²) in [5, 5.41) is 7.03. The van der Waals surface area contributed by atoms with Crippen molar-refractivity contribution in [3.63, 3.8) is 0 Å². The molecule has 0 aromatic rings. The quantitative estimate of drug-likeness (QED) is 0.299. The maximum absolute atomic E-state index is 7.00. The molecule has 2 nitrogen and oxygen atoms in total. The molecule has 0 saturated heterocycles. The molecule has 0 saturated carbocycles. The van der Waals surface area contributed by atoms with Gasteiger partial charge < -0.3 is 10.8 Å². The average Bonchev–Trinajstić information content (AvgIpc) is 1.41. The van der Waals surface area contributed by atoms with Crippen LogP contribution in [-0.2, 0) is 0 Å². The highest BCUT2D eigenvalue weighted by atomic mass is 32.1. The molecule has 0 aliphatic carbocycles. The largest absolute Gasteiger partial charge is 0.400 e. The molecular weight excluding hydrogens is 98.1 g/mol. The average molecular weight is 109 g/mol. The van der Waals surface area contributed by atoms with Crippen LogP contribution in [0.25, 0.3) is 0 Å². The summed E-state index contributed by atoms with van der Waals surface area (Å²) in [7, 11) is 1.00.